The number of hydrogen-bond acceptors (Lipinski definition) is 5. The molecule has 0 aromatic carbocycles. The molecular weight excluding hydrogens is 377 g/mol. The average molecular weight is 400 g/mol. The summed E-state index contributed by atoms with van der Waals surface area (Å²) in [6.07, 6.45) is 1.62. The van der Waals surface area contributed by atoms with E-state index >= 15 is 0 Å². The summed E-state index contributed by atoms with van der Waals surface area (Å²) in [5.74, 6) is -5.75. The molecule has 2 amide bonds. The van der Waals surface area contributed by atoms with Crippen molar-refractivity contribution in [1.82, 2.24) is 14.8 Å². The fourth-order valence-corrected chi connectivity index (χ4v) is 3.57. The van der Waals surface area contributed by atoms with Crippen LogP contribution in [-0.2, 0) is 4.79 Å². The maximum atomic E-state index is 14.8. The third-order valence-electron chi connectivity index (χ3n) is 5.16. The van der Waals surface area contributed by atoms with Gasteiger partial charge in [0, 0.05) is 32.8 Å². The van der Waals surface area contributed by atoms with Crippen LogP contribution in [0.15, 0.2) is 12.3 Å². The SMILES string of the molecule is CC(=O)N1CCC(Nc2nccc(C(=O)N3CCCC(O)C3)c2F)C(F)(F)C1. The summed E-state index contributed by atoms with van der Waals surface area (Å²) < 4.78 is 43.6. The molecule has 154 valence electrons. The first-order valence-electron chi connectivity index (χ1n) is 9.20. The van der Waals surface area contributed by atoms with Crippen LogP contribution in [0, 0.1) is 5.82 Å². The van der Waals surface area contributed by atoms with Crippen molar-refractivity contribution in [3.8, 4) is 0 Å². The highest BCUT2D eigenvalue weighted by Crippen LogP contribution is 2.31. The Morgan fingerprint density at radius 3 is 2.68 bits per heavy atom. The number of aromatic nitrogens is 1. The largest absolute Gasteiger partial charge is 0.391 e. The van der Waals surface area contributed by atoms with Crippen LogP contribution in [0.3, 0.4) is 0 Å². The van der Waals surface area contributed by atoms with Gasteiger partial charge in [0.05, 0.1) is 24.3 Å². The van der Waals surface area contributed by atoms with Crippen molar-refractivity contribution in [2.24, 2.45) is 0 Å². The zero-order valence-electron chi connectivity index (χ0n) is 15.5. The maximum absolute atomic E-state index is 14.8. The van der Waals surface area contributed by atoms with E-state index in [9.17, 15) is 27.9 Å². The number of nitrogens with one attached hydrogen (secondary N) is 1. The number of carbonyl (C=O) groups excluding carboxylic acids is 2. The Bertz CT molecular complexity index is 762. The highest BCUT2D eigenvalue weighted by Gasteiger charge is 2.46. The van der Waals surface area contributed by atoms with Gasteiger partial charge in [-0.05, 0) is 25.3 Å². The number of β-amino-alcohol motifs (C(OH)–C–C–N with tert-alkyl or cyclic N) is 1. The summed E-state index contributed by atoms with van der Waals surface area (Å²) in [5, 5.41) is 12.1. The lowest BCUT2D eigenvalue weighted by atomic mass is 10.0. The second-order valence-corrected chi connectivity index (χ2v) is 7.26. The number of likely N-dealkylation sites (tertiary alicyclic amines) is 2. The van der Waals surface area contributed by atoms with E-state index in [4.69, 9.17) is 0 Å². The van der Waals surface area contributed by atoms with Crippen LogP contribution < -0.4 is 5.32 Å². The second-order valence-electron chi connectivity index (χ2n) is 7.26. The summed E-state index contributed by atoms with van der Waals surface area (Å²) in [4.78, 5) is 30.1. The normalized spacial score (nSPS) is 24.8. The number of anilines is 1. The van der Waals surface area contributed by atoms with Gasteiger partial charge in [-0.3, -0.25) is 9.59 Å². The number of hydrogen-bond donors (Lipinski definition) is 2. The number of piperidine rings is 2. The first-order chi connectivity index (χ1) is 13.2. The summed E-state index contributed by atoms with van der Waals surface area (Å²) in [5.41, 5.74) is -0.281. The van der Waals surface area contributed by atoms with Crippen LogP contribution in [0.1, 0.15) is 36.5 Å². The van der Waals surface area contributed by atoms with Crippen LogP contribution >= 0.6 is 0 Å². The van der Waals surface area contributed by atoms with E-state index in [1.807, 2.05) is 0 Å². The lowest BCUT2D eigenvalue weighted by Crippen LogP contribution is -2.55. The number of carbonyl (C=O) groups is 2. The lowest BCUT2D eigenvalue weighted by Gasteiger charge is -2.38. The van der Waals surface area contributed by atoms with Gasteiger partial charge in [0.25, 0.3) is 11.8 Å². The number of rotatable bonds is 3. The molecule has 3 rings (SSSR count). The van der Waals surface area contributed by atoms with E-state index in [0.29, 0.717) is 19.4 Å². The van der Waals surface area contributed by atoms with Gasteiger partial charge in [-0.25, -0.2) is 18.2 Å². The molecule has 1 aromatic rings. The summed E-state index contributed by atoms with van der Waals surface area (Å²) in [6, 6.07) is -0.215. The lowest BCUT2D eigenvalue weighted by molar-refractivity contribution is -0.140. The molecule has 0 spiro atoms. The molecule has 2 atom stereocenters. The van der Waals surface area contributed by atoms with Crippen LogP contribution in [0.2, 0.25) is 0 Å². The number of halogens is 3. The number of amides is 2. The standard InChI is InChI=1S/C18H23F3N4O3/c1-11(26)25-8-5-14(18(20,21)10-25)23-16-15(19)13(4-6-22-16)17(28)24-7-2-3-12(27)9-24/h4,6,12,14,27H,2-3,5,7-10H2,1H3,(H,22,23). The van der Waals surface area contributed by atoms with Crippen LogP contribution in [0.4, 0.5) is 19.0 Å². The van der Waals surface area contributed by atoms with E-state index in [2.05, 4.69) is 10.3 Å². The smallest absolute Gasteiger partial charge is 0.285 e. The molecule has 2 fully saturated rings. The van der Waals surface area contributed by atoms with E-state index < -0.39 is 48.1 Å². The molecule has 2 aliphatic heterocycles. The minimum atomic E-state index is -3.27. The number of alkyl halides is 2. The Morgan fingerprint density at radius 1 is 1.29 bits per heavy atom. The number of aliphatic hydroxyl groups excluding tert-OH is 1. The minimum absolute atomic E-state index is 0.0792. The average Bonchev–Trinajstić information content (AvgIpc) is 2.64. The van der Waals surface area contributed by atoms with Crippen molar-refractivity contribution in [2.45, 2.75) is 44.3 Å². The van der Waals surface area contributed by atoms with Crippen molar-refractivity contribution in [2.75, 3.05) is 31.5 Å². The second kappa shape index (κ2) is 7.94. The molecule has 0 saturated carbocycles. The van der Waals surface area contributed by atoms with E-state index in [-0.39, 0.29) is 25.1 Å². The predicted octanol–water partition coefficient (Wildman–Crippen LogP) is 1.49. The van der Waals surface area contributed by atoms with Crippen LogP contribution in [0.25, 0.3) is 0 Å². The summed E-state index contributed by atoms with van der Waals surface area (Å²) >= 11 is 0. The molecule has 1 aromatic heterocycles. The molecule has 0 radical (unpaired) electrons. The molecular formula is C18H23F3N4O3. The van der Waals surface area contributed by atoms with Gasteiger partial charge < -0.3 is 20.2 Å². The van der Waals surface area contributed by atoms with Crippen molar-refractivity contribution in [3.05, 3.63) is 23.6 Å². The van der Waals surface area contributed by atoms with Crippen molar-refractivity contribution in [3.63, 3.8) is 0 Å². The van der Waals surface area contributed by atoms with Crippen LogP contribution in [-0.4, -0.2) is 76.0 Å². The van der Waals surface area contributed by atoms with Gasteiger partial charge in [0.2, 0.25) is 5.91 Å². The van der Waals surface area contributed by atoms with E-state index in [1.54, 1.807) is 0 Å². The molecule has 2 unspecified atom stereocenters. The molecule has 10 heteroatoms. The first kappa shape index (κ1) is 20.4. The molecule has 2 saturated heterocycles. The topological polar surface area (TPSA) is 85.8 Å². The first-order valence-corrected chi connectivity index (χ1v) is 9.20. The molecule has 28 heavy (non-hydrogen) atoms. The van der Waals surface area contributed by atoms with Gasteiger partial charge in [0.1, 0.15) is 0 Å². The van der Waals surface area contributed by atoms with Gasteiger partial charge in [-0.2, -0.15) is 0 Å². The monoisotopic (exact) mass is 400 g/mol. The third-order valence-corrected chi connectivity index (χ3v) is 5.16. The van der Waals surface area contributed by atoms with Crippen molar-refractivity contribution >= 4 is 17.6 Å². The third kappa shape index (κ3) is 4.21. The van der Waals surface area contributed by atoms with Crippen LogP contribution in [0.5, 0.6) is 0 Å². The zero-order chi connectivity index (χ0) is 20.5. The Labute approximate surface area is 160 Å². The van der Waals surface area contributed by atoms with Crippen molar-refractivity contribution in [1.29, 1.82) is 0 Å². The fourth-order valence-electron chi connectivity index (χ4n) is 3.57. The fraction of sp³-hybridized carbons (Fsp3) is 0.611. The van der Waals surface area contributed by atoms with Crippen molar-refractivity contribution < 1.29 is 27.9 Å². The Kier molecular flexibility index (Phi) is 5.78. The Hall–Kier alpha value is -2.36. The number of nitrogens with zero attached hydrogens (tertiary/aromatic N) is 3. The summed E-state index contributed by atoms with van der Waals surface area (Å²) in [6.45, 7) is 1.07. The quantitative estimate of drug-likeness (QED) is 0.803. The van der Waals surface area contributed by atoms with Gasteiger partial charge in [-0.1, -0.05) is 0 Å². The van der Waals surface area contributed by atoms with Gasteiger partial charge in [-0.15, -0.1) is 0 Å². The van der Waals surface area contributed by atoms with E-state index in [0.717, 1.165) is 4.90 Å². The Balaban J connectivity index is 1.76. The maximum Gasteiger partial charge on any atom is 0.285 e. The molecule has 7 nitrogen and oxygen atoms in total. The molecule has 0 aliphatic carbocycles. The minimum Gasteiger partial charge on any atom is -0.391 e. The molecule has 2 N–H and O–H groups in total. The molecule has 2 aliphatic rings. The molecule has 3 heterocycles. The van der Waals surface area contributed by atoms with E-state index in [1.165, 1.54) is 24.1 Å². The zero-order valence-corrected chi connectivity index (χ0v) is 15.5. The number of pyridine rings is 1. The Morgan fingerprint density at radius 2 is 2.04 bits per heavy atom. The highest BCUT2D eigenvalue weighted by molar-refractivity contribution is 5.95. The van der Waals surface area contributed by atoms with Gasteiger partial charge >= 0.3 is 0 Å². The summed E-state index contributed by atoms with van der Waals surface area (Å²) in [7, 11) is 0. The predicted molar refractivity (Wildman–Crippen MR) is 94.6 cm³/mol. The molecule has 0 bridgehead atoms. The number of aliphatic hydroxyl groups is 1. The van der Waals surface area contributed by atoms with Gasteiger partial charge in [0.15, 0.2) is 11.6 Å². The highest BCUT2D eigenvalue weighted by atomic mass is 19.3.